The Hall–Kier alpha value is -0.940. The van der Waals surface area contributed by atoms with E-state index in [-0.39, 0.29) is 0 Å². The molecule has 2 atom stereocenters. The number of hydrogen-bond donors (Lipinski definition) is 0. The Morgan fingerprint density at radius 2 is 2.25 bits per heavy atom. The van der Waals surface area contributed by atoms with E-state index in [2.05, 4.69) is 28.5 Å². The van der Waals surface area contributed by atoms with Crippen molar-refractivity contribution in [3.05, 3.63) is 16.4 Å². The molecule has 16 heavy (non-hydrogen) atoms. The molecular formula is C11H14N4S. The van der Waals surface area contributed by atoms with Crippen molar-refractivity contribution in [2.75, 3.05) is 7.05 Å². The Kier molecular flexibility index (Phi) is 1.62. The summed E-state index contributed by atoms with van der Waals surface area (Å²) in [4.78, 5) is 8.32. The van der Waals surface area contributed by atoms with E-state index in [1.807, 2.05) is 0 Å². The van der Waals surface area contributed by atoms with Gasteiger partial charge in [-0.15, -0.1) is 0 Å². The Morgan fingerprint density at radius 3 is 3.12 bits per heavy atom. The summed E-state index contributed by atoms with van der Waals surface area (Å²) in [5.74, 6) is 0. The molecule has 0 spiro atoms. The van der Waals surface area contributed by atoms with Crippen LogP contribution < -0.4 is 0 Å². The van der Waals surface area contributed by atoms with Crippen molar-refractivity contribution >= 4 is 16.3 Å². The standard InChI is InChI=1S/C11H14N4S/c1-6-13-15-10-8(12-11(15)16-6)5-7-3-4-9(10)14(7)2/h7,9H,3-5H2,1-2H3. The highest BCUT2D eigenvalue weighted by Crippen LogP contribution is 2.42. The van der Waals surface area contributed by atoms with Crippen molar-refractivity contribution < 1.29 is 0 Å². The van der Waals surface area contributed by atoms with Crippen LogP contribution in [0.5, 0.6) is 0 Å². The summed E-state index contributed by atoms with van der Waals surface area (Å²) < 4.78 is 2.08. The first-order valence-electron chi connectivity index (χ1n) is 5.81. The van der Waals surface area contributed by atoms with Crippen LogP contribution in [-0.4, -0.2) is 32.6 Å². The van der Waals surface area contributed by atoms with Crippen molar-refractivity contribution in [1.82, 2.24) is 19.5 Å². The van der Waals surface area contributed by atoms with E-state index >= 15 is 0 Å². The highest BCUT2D eigenvalue weighted by Gasteiger charge is 2.41. The minimum Gasteiger partial charge on any atom is -0.294 e. The minimum absolute atomic E-state index is 0.547. The zero-order chi connectivity index (χ0) is 10.9. The lowest BCUT2D eigenvalue weighted by Gasteiger charge is -2.30. The van der Waals surface area contributed by atoms with Gasteiger partial charge in [0.15, 0.2) is 0 Å². The molecule has 2 aromatic rings. The predicted octanol–water partition coefficient (Wildman–Crippen LogP) is 1.79. The van der Waals surface area contributed by atoms with Gasteiger partial charge in [0.05, 0.1) is 17.4 Å². The fraction of sp³-hybridized carbons (Fsp3) is 0.636. The molecule has 4 rings (SSSR count). The maximum Gasteiger partial charge on any atom is 0.212 e. The molecule has 84 valence electrons. The van der Waals surface area contributed by atoms with Crippen LogP contribution in [0.4, 0.5) is 0 Å². The number of aryl methyl sites for hydroxylation is 1. The summed E-state index contributed by atoms with van der Waals surface area (Å²) in [6.07, 6.45) is 3.68. The van der Waals surface area contributed by atoms with Crippen LogP contribution in [0.1, 0.15) is 35.3 Å². The summed E-state index contributed by atoms with van der Waals surface area (Å²) in [7, 11) is 2.24. The van der Waals surface area contributed by atoms with Crippen LogP contribution in [0.15, 0.2) is 0 Å². The second-order valence-electron chi connectivity index (χ2n) is 4.88. The molecule has 4 nitrogen and oxygen atoms in total. The second-order valence-corrected chi connectivity index (χ2v) is 6.04. The van der Waals surface area contributed by atoms with Gasteiger partial charge in [0.1, 0.15) is 5.01 Å². The van der Waals surface area contributed by atoms with Crippen molar-refractivity contribution in [3.63, 3.8) is 0 Å². The van der Waals surface area contributed by atoms with Crippen LogP contribution in [0.3, 0.4) is 0 Å². The molecule has 1 fully saturated rings. The zero-order valence-electron chi connectivity index (χ0n) is 9.47. The first-order chi connectivity index (χ1) is 7.74. The van der Waals surface area contributed by atoms with Crippen molar-refractivity contribution in [2.24, 2.45) is 0 Å². The quantitative estimate of drug-likeness (QED) is 0.697. The van der Waals surface area contributed by atoms with Crippen LogP contribution in [0.2, 0.25) is 0 Å². The Morgan fingerprint density at radius 1 is 1.38 bits per heavy atom. The molecule has 2 bridgehead atoms. The van der Waals surface area contributed by atoms with Crippen molar-refractivity contribution in [3.8, 4) is 0 Å². The zero-order valence-corrected chi connectivity index (χ0v) is 10.3. The first-order valence-corrected chi connectivity index (χ1v) is 6.62. The van der Waals surface area contributed by atoms with Crippen molar-refractivity contribution in [2.45, 2.75) is 38.3 Å². The predicted molar refractivity (Wildman–Crippen MR) is 62.8 cm³/mol. The molecule has 0 radical (unpaired) electrons. The Bertz CT molecular complexity index is 570. The lowest BCUT2D eigenvalue weighted by molar-refractivity contribution is 0.217. The number of imidazole rings is 1. The molecule has 0 aliphatic carbocycles. The van der Waals surface area contributed by atoms with Gasteiger partial charge in [-0.1, -0.05) is 11.3 Å². The Balaban J connectivity index is 2.01. The molecule has 2 unspecified atom stereocenters. The van der Waals surface area contributed by atoms with E-state index in [1.165, 1.54) is 24.2 Å². The number of aromatic nitrogens is 3. The van der Waals surface area contributed by atoms with Gasteiger partial charge < -0.3 is 0 Å². The third-order valence-electron chi connectivity index (χ3n) is 4.00. The van der Waals surface area contributed by atoms with Crippen LogP contribution in [0, 0.1) is 6.92 Å². The highest BCUT2D eigenvalue weighted by atomic mass is 32.1. The van der Waals surface area contributed by atoms with Crippen LogP contribution in [-0.2, 0) is 6.42 Å². The summed E-state index contributed by atoms with van der Waals surface area (Å²) >= 11 is 1.70. The molecule has 1 saturated heterocycles. The fourth-order valence-electron chi connectivity index (χ4n) is 3.20. The van der Waals surface area contributed by atoms with Gasteiger partial charge in [0.25, 0.3) is 0 Å². The van der Waals surface area contributed by atoms with E-state index < -0.39 is 0 Å². The van der Waals surface area contributed by atoms with Gasteiger partial charge in [-0.25, -0.2) is 9.50 Å². The molecule has 0 N–H and O–H groups in total. The lowest BCUT2D eigenvalue weighted by Crippen LogP contribution is -2.34. The van der Waals surface area contributed by atoms with Crippen LogP contribution in [0.25, 0.3) is 4.96 Å². The van der Waals surface area contributed by atoms with Gasteiger partial charge in [-0.05, 0) is 26.8 Å². The maximum absolute atomic E-state index is 4.74. The summed E-state index contributed by atoms with van der Waals surface area (Å²) in [5, 5.41) is 5.69. The van der Waals surface area contributed by atoms with Gasteiger partial charge >= 0.3 is 0 Å². The molecule has 0 aromatic carbocycles. The Labute approximate surface area is 97.9 Å². The molecule has 0 saturated carbocycles. The number of fused-ring (bicyclic) bond motifs is 6. The molecule has 2 aromatic heterocycles. The van der Waals surface area contributed by atoms with Gasteiger partial charge in [-0.2, -0.15) is 5.10 Å². The monoisotopic (exact) mass is 234 g/mol. The first kappa shape index (κ1) is 9.13. The third-order valence-corrected chi connectivity index (χ3v) is 4.82. The molecule has 2 aliphatic rings. The fourth-order valence-corrected chi connectivity index (χ4v) is 3.96. The van der Waals surface area contributed by atoms with Gasteiger partial charge in [-0.3, -0.25) is 4.90 Å². The smallest absolute Gasteiger partial charge is 0.212 e. The largest absolute Gasteiger partial charge is 0.294 e. The van der Waals surface area contributed by atoms with Gasteiger partial charge in [0, 0.05) is 12.5 Å². The number of rotatable bonds is 0. The summed E-state index contributed by atoms with van der Waals surface area (Å²) in [6.45, 7) is 2.05. The highest BCUT2D eigenvalue weighted by molar-refractivity contribution is 7.16. The molecule has 0 amide bonds. The third kappa shape index (κ3) is 0.978. The van der Waals surface area contributed by atoms with E-state index in [9.17, 15) is 0 Å². The average molecular weight is 234 g/mol. The topological polar surface area (TPSA) is 33.4 Å². The van der Waals surface area contributed by atoms with Crippen LogP contribution >= 0.6 is 11.3 Å². The number of nitrogens with zero attached hydrogens (tertiary/aromatic N) is 4. The molecule has 5 heteroatoms. The average Bonchev–Trinajstić information content (AvgIpc) is 2.80. The normalized spacial score (nSPS) is 28.9. The number of hydrogen-bond acceptors (Lipinski definition) is 4. The molecule has 4 heterocycles. The summed E-state index contributed by atoms with van der Waals surface area (Å²) in [5.41, 5.74) is 2.65. The van der Waals surface area contributed by atoms with E-state index in [0.717, 1.165) is 16.4 Å². The van der Waals surface area contributed by atoms with E-state index in [1.54, 1.807) is 11.3 Å². The minimum atomic E-state index is 0.547. The van der Waals surface area contributed by atoms with Gasteiger partial charge in [0.2, 0.25) is 4.96 Å². The summed E-state index contributed by atoms with van der Waals surface area (Å²) in [6, 6.07) is 1.26. The lowest BCUT2D eigenvalue weighted by atomic mass is 10.0. The van der Waals surface area contributed by atoms with E-state index in [4.69, 9.17) is 4.98 Å². The maximum atomic E-state index is 4.74. The van der Waals surface area contributed by atoms with E-state index in [0.29, 0.717) is 12.1 Å². The number of likely N-dealkylation sites (N-methyl/N-ethyl adjacent to an activating group) is 1. The SMILES string of the molecule is Cc1nn2c3c(nc2s1)CC1CCC3N1C. The second kappa shape index (κ2) is 2.84. The molecular weight excluding hydrogens is 220 g/mol. The van der Waals surface area contributed by atoms with Crippen molar-refractivity contribution in [1.29, 1.82) is 0 Å². The molecule has 2 aliphatic heterocycles.